The molecule has 2 rings (SSSR count). The predicted molar refractivity (Wildman–Crippen MR) is 70.7 cm³/mol. The first kappa shape index (κ1) is 11.6. The number of pyridine rings is 1. The first-order valence-corrected chi connectivity index (χ1v) is 6.29. The molecule has 0 aromatic carbocycles. The van der Waals surface area contributed by atoms with Gasteiger partial charge in [0.15, 0.2) is 0 Å². The molecule has 0 saturated carbocycles. The van der Waals surface area contributed by atoms with Crippen LogP contribution in [0.15, 0.2) is 28.4 Å². The summed E-state index contributed by atoms with van der Waals surface area (Å²) in [6, 6.07) is 2.08. The first-order valence-electron chi connectivity index (χ1n) is 5.50. The van der Waals surface area contributed by atoms with Crippen LogP contribution in [0.25, 0.3) is 0 Å². The molecule has 0 radical (unpaired) electrons. The highest BCUT2D eigenvalue weighted by Gasteiger charge is 2.04. The lowest BCUT2D eigenvalue weighted by Gasteiger charge is -2.15. The largest absolute Gasteiger partial charge is 0.366 e. The Hall–Kier alpha value is -0.870. The molecule has 4 heteroatoms. The molecule has 0 aliphatic carbocycles. The first-order chi connectivity index (χ1) is 7.75. The van der Waals surface area contributed by atoms with E-state index in [1.54, 1.807) is 0 Å². The lowest BCUT2D eigenvalue weighted by atomic mass is 10.1. The van der Waals surface area contributed by atoms with Crippen molar-refractivity contribution in [2.75, 3.05) is 25.0 Å². The molecule has 86 valence electrons. The number of hydrogen-bond donors (Lipinski definition) is 2. The van der Waals surface area contributed by atoms with Crippen LogP contribution in [0.2, 0.25) is 0 Å². The summed E-state index contributed by atoms with van der Waals surface area (Å²) in [5, 5.41) is 6.69. The van der Waals surface area contributed by atoms with Gasteiger partial charge < -0.3 is 10.6 Å². The van der Waals surface area contributed by atoms with E-state index in [0.29, 0.717) is 0 Å². The summed E-state index contributed by atoms with van der Waals surface area (Å²) in [4.78, 5) is 4.36. The molecule has 0 fully saturated rings. The Labute approximate surface area is 104 Å². The molecule has 1 aliphatic rings. The zero-order valence-corrected chi connectivity index (χ0v) is 11.0. The van der Waals surface area contributed by atoms with E-state index in [4.69, 9.17) is 0 Å². The Morgan fingerprint density at radius 2 is 2.44 bits per heavy atom. The summed E-state index contributed by atoms with van der Waals surface area (Å²) < 4.78 is 1.02. The second kappa shape index (κ2) is 5.46. The minimum atomic E-state index is 0.900. The second-order valence-corrected chi connectivity index (χ2v) is 4.90. The molecule has 0 unspecified atom stereocenters. The van der Waals surface area contributed by atoms with E-state index in [1.807, 2.05) is 6.20 Å². The highest BCUT2D eigenvalue weighted by molar-refractivity contribution is 9.10. The van der Waals surface area contributed by atoms with Gasteiger partial charge in [-0.3, -0.25) is 0 Å². The van der Waals surface area contributed by atoms with Gasteiger partial charge >= 0.3 is 0 Å². The van der Waals surface area contributed by atoms with E-state index in [2.05, 4.69) is 50.6 Å². The highest BCUT2D eigenvalue weighted by atomic mass is 79.9. The van der Waals surface area contributed by atoms with Crippen LogP contribution in [0.4, 0.5) is 5.82 Å². The van der Waals surface area contributed by atoms with E-state index in [1.165, 1.54) is 11.1 Å². The maximum Gasteiger partial charge on any atom is 0.129 e. The molecule has 0 amide bonds. The highest BCUT2D eigenvalue weighted by Crippen LogP contribution is 2.17. The fourth-order valence-electron chi connectivity index (χ4n) is 1.75. The second-order valence-electron chi connectivity index (χ2n) is 3.99. The Bertz CT molecular complexity index is 401. The van der Waals surface area contributed by atoms with Crippen molar-refractivity contribution >= 4 is 21.7 Å². The number of halogens is 1. The topological polar surface area (TPSA) is 37.0 Å². The molecule has 0 bridgehead atoms. The van der Waals surface area contributed by atoms with Crippen molar-refractivity contribution < 1.29 is 0 Å². The Kier molecular flexibility index (Phi) is 3.96. The van der Waals surface area contributed by atoms with Gasteiger partial charge in [-0.2, -0.15) is 0 Å². The molecule has 0 spiro atoms. The lowest BCUT2D eigenvalue weighted by Crippen LogP contribution is -2.23. The Morgan fingerprint density at radius 1 is 1.56 bits per heavy atom. The average molecular weight is 282 g/mol. The molecule has 2 N–H and O–H groups in total. The predicted octanol–water partition coefficient (Wildman–Crippen LogP) is 2.48. The van der Waals surface area contributed by atoms with Gasteiger partial charge in [0.05, 0.1) is 0 Å². The lowest BCUT2D eigenvalue weighted by molar-refractivity contribution is 0.697. The Balaban J connectivity index is 1.96. The standard InChI is InChI=1S/C12H16BrN3/c1-9-6-11(13)8-16-12(9)15-7-10-2-4-14-5-3-10/h2,6,8,14H,3-5,7H2,1H3,(H,15,16). The Morgan fingerprint density at radius 3 is 3.12 bits per heavy atom. The maximum atomic E-state index is 4.36. The third kappa shape index (κ3) is 3.06. The van der Waals surface area contributed by atoms with Crippen LogP contribution in [0.3, 0.4) is 0 Å². The summed E-state index contributed by atoms with van der Waals surface area (Å²) in [5.41, 5.74) is 2.63. The number of rotatable bonds is 3. The van der Waals surface area contributed by atoms with Crippen molar-refractivity contribution in [2.45, 2.75) is 13.3 Å². The van der Waals surface area contributed by atoms with Gasteiger partial charge in [-0.05, 0) is 47.4 Å². The monoisotopic (exact) mass is 281 g/mol. The van der Waals surface area contributed by atoms with E-state index >= 15 is 0 Å². The molecule has 1 aromatic rings. The normalized spacial score (nSPS) is 15.8. The zero-order chi connectivity index (χ0) is 11.4. The van der Waals surface area contributed by atoms with Crippen LogP contribution in [-0.4, -0.2) is 24.6 Å². The molecular weight excluding hydrogens is 266 g/mol. The van der Waals surface area contributed by atoms with Crippen molar-refractivity contribution in [3.63, 3.8) is 0 Å². The smallest absolute Gasteiger partial charge is 0.129 e. The quantitative estimate of drug-likeness (QED) is 0.836. The number of hydrogen-bond acceptors (Lipinski definition) is 3. The van der Waals surface area contributed by atoms with Crippen molar-refractivity contribution in [2.24, 2.45) is 0 Å². The number of anilines is 1. The molecule has 3 nitrogen and oxygen atoms in total. The van der Waals surface area contributed by atoms with Gasteiger partial charge in [0, 0.05) is 23.8 Å². The molecule has 0 atom stereocenters. The minimum Gasteiger partial charge on any atom is -0.366 e. The van der Waals surface area contributed by atoms with Crippen LogP contribution in [0, 0.1) is 6.92 Å². The van der Waals surface area contributed by atoms with Crippen LogP contribution >= 0.6 is 15.9 Å². The van der Waals surface area contributed by atoms with Crippen LogP contribution < -0.4 is 10.6 Å². The number of nitrogens with zero attached hydrogens (tertiary/aromatic N) is 1. The van der Waals surface area contributed by atoms with Crippen LogP contribution in [0.1, 0.15) is 12.0 Å². The molecule has 2 heterocycles. The molecule has 1 aromatic heterocycles. The summed E-state index contributed by atoms with van der Waals surface area (Å²) in [5.74, 6) is 0.975. The molecular formula is C12H16BrN3. The third-order valence-electron chi connectivity index (χ3n) is 2.69. The van der Waals surface area contributed by atoms with Gasteiger partial charge in [-0.25, -0.2) is 4.98 Å². The number of nitrogens with one attached hydrogen (secondary N) is 2. The summed E-state index contributed by atoms with van der Waals surface area (Å²) in [6.07, 6.45) is 5.21. The maximum absolute atomic E-state index is 4.36. The average Bonchev–Trinajstić information content (AvgIpc) is 2.29. The third-order valence-corrected chi connectivity index (χ3v) is 3.12. The fourth-order valence-corrected chi connectivity index (χ4v) is 2.20. The van der Waals surface area contributed by atoms with Gasteiger partial charge in [0.1, 0.15) is 5.82 Å². The van der Waals surface area contributed by atoms with Crippen molar-refractivity contribution in [3.05, 3.63) is 33.9 Å². The van der Waals surface area contributed by atoms with Crippen LogP contribution in [-0.2, 0) is 0 Å². The van der Waals surface area contributed by atoms with Crippen molar-refractivity contribution in [1.29, 1.82) is 0 Å². The zero-order valence-electron chi connectivity index (χ0n) is 9.39. The van der Waals surface area contributed by atoms with Gasteiger partial charge in [0.25, 0.3) is 0 Å². The minimum absolute atomic E-state index is 0.900. The van der Waals surface area contributed by atoms with Crippen molar-refractivity contribution in [1.82, 2.24) is 10.3 Å². The van der Waals surface area contributed by atoms with E-state index in [9.17, 15) is 0 Å². The van der Waals surface area contributed by atoms with Crippen LogP contribution in [0.5, 0.6) is 0 Å². The van der Waals surface area contributed by atoms with Gasteiger partial charge in [-0.1, -0.05) is 11.6 Å². The number of aryl methyl sites for hydroxylation is 1. The van der Waals surface area contributed by atoms with E-state index in [0.717, 1.165) is 36.3 Å². The molecule has 1 aliphatic heterocycles. The fraction of sp³-hybridized carbons (Fsp3) is 0.417. The van der Waals surface area contributed by atoms with Gasteiger partial charge in [0.2, 0.25) is 0 Å². The number of aromatic nitrogens is 1. The van der Waals surface area contributed by atoms with Crippen molar-refractivity contribution in [3.8, 4) is 0 Å². The molecule has 16 heavy (non-hydrogen) atoms. The molecule has 0 saturated heterocycles. The summed E-state index contributed by atoms with van der Waals surface area (Å²) in [7, 11) is 0. The summed E-state index contributed by atoms with van der Waals surface area (Å²) >= 11 is 3.41. The van der Waals surface area contributed by atoms with E-state index in [-0.39, 0.29) is 0 Å². The van der Waals surface area contributed by atoms with Gasteiger partial charge in [-0.15, -0.1) is 0 Å². The van der Waals surface area contributed by atoms with E-state index < -0.39 is 0 Å². The SMILES string of the molecule is Cc1cc(Br)cnc1NCC1=CCNCC1. The summed E-state index contributed by atoms with van der Waals surface area (Å²) in [6.45, 7) is 5.04.